The summed E-state index contributed by atoms with van der Waals surface area (Å²) in [4.78, 5) is 0. The summed E-state index contributed by atoms with van der Waals surface area (Å²) in [6.07, 6.45) is 0. The van der Waals surface area contributed by atoms with Crippen LogP contribution in [0.1, 0.15) is 0 Å². The van der Waals surface area contributed by atoms with E-state index in [2.05, 4.69) is 194 Å². The zero-order valence-corrected chi connectivity index (χ0v) is 27.5. The van der Waals surface area contributed by atoms with Crippen molar-refractivity contribution < 1.29 is 0 Å². The molecule has 0 nitrogen and oxygen atoms in total. The molecular weight excluding hydrogens is 601 g/mol. The van der Waals surface area contributed by atoms with Gasteiger partial charge in [0.2, 0.25) is 0 Å². The summed E-state index contributed by atoms with van der Waals surface area (Å²) >= 11 is 0. The fourth-order valence-electron chi connectivity index (χ4n) is 8.08. The molecule has 50 heavy (non-hydrogen) atoms. The minimum atomic E-state index is 1.22. The van der Waals surface area contributed by atoms with Crippen LogP contribution in [0.15, 0.2) is 194 Å². The molecule has 0 radical (unpaired) electrons. The fraction of sp³-hybridized carbons (Fsp3) is 0. The largest absolute Gasteiger partial charge is 0.0616 e. The average molecular weight is 633 g/mol. The molecule has 0 aliphatic rings. The van der Waals surface area contributed by atoms with E-state index in [0.29, 0.717) is 0 Å². The van der Waals surface area contributed by atoms with Gasteiger partial charge < -0.3 is 0 Å². The third-order valence-electron chi connectivity index (χ3n) is 10.4. The molecule has 0 bridgehead atoms. The first-order chi connectivity index (χ1) is 24.8. The number of hydrogen-bond acceptors (Lipinski definition) is 0. The second kappa shape index (κ2) is 11.6. The summed E-state index contributed by atoms with van der Waals surface area (Å²) in [6.45, 7) is 0. The Morgan fingerprint density at radius 2 is 0.660 bits per heavy atom. The van der Waals surface area contributed by atoms with Crippen molar-refractivity contribution in [3.05, 3.63) is 194 Å². The molecule has 0 aliphatic heterocycles. The van der Waals surface area contributed by atoms with Gasteiger partial charge in [0, 0.05) is 0 Å². The van der Waals surface area contributed by atoms with Crippen LogP contribution in [0.3, 0.4) is 0 Å². The zero-order valence-electron chi connectivity index (χ0n) is 27.5. The van der Waals surface area contributed by atoms with Gasteiger partial charge in [0.05, 0.1) is 0 Å². The first-order valence-corrected chi connectivity index (χ1v) is 17.3. The van der Waals surface area contributed by atoms with Gasteiger partial charge in [0.15, 0.2) is 0 Å². The highest BCUT2D eigenvalue weighted by molar-refractivity contribution is 6.21. The normalized spacial score (nSPS) is 11.6. The molecular formula is C50H32. The molecule has 0 unspecified atom stereocenters. The second-order valence-electron chi connectivity index (χ2n) is 13.3. The van der Waals surface area contributed by atoms with Gasteiger partial charge in [-0.3, -0.25) is 0 Å². The predicted molar refractivity (Wildman–Crippen MR) is 216 cm³/mol. The monoisotopic (exact) mass is 632 g/mol. The summed E-state index contributed by atoms with van der Waals surface area (Å²) in [5, 5.41) is 12.7. The van der Waals surface area contributed by atoms with Crippen LogP contribution in [0.5, 0.6) is 0 Å². The highest BCUT2D eigenvalue weighted by Crippen LogP contribution is 2.45. The molecule has 0 saturated carbocycles. The van der Waals surface area contributed by atoms with E-state index >= 15 is 0 Å². The van der Waals surface area contributed by atoms with E-state index in [-0.39, 0.29) is 0 Å². The van der Waals surface area contributed by atoms with E-state index in [1.807, 2.05) is 0 Å². The van der Waals surface area contributed by atoms with Crippen LogP contribution in [-0.2, 0) is 0 Å². The van der Waals surface area contributed by atoms with Gasteiger partial charge in [-0.15, -0.1) is 0 Å². The van der Waals surface area contributed by atoms with E-state index in [0.717, 1.165) is 0 Å². The molecule has 232 valence electrons. The lowest BCUT2D eigenvalue weighted by molar-refractivity contribution is 1.62. The van der Waals surface area contributed by atoms with Crippen molar-refractivity contribution in [3.8, 4) is 44.5 Å². The Morgan fingerprint density at radius 1 is 0.200 bits per heavy atom. The first kappa shape index (κ1) is 28.5. The van der Waals surface area contributed by atoms with Crippen LogP contribution in [0.2, 0.25) is 0 Å². The number of rotatable bonds is 4. The average Bonchev–Trinajstić information content (AvgIpc) is 3.19. The Kier molecular flexibility index (Phi) is 6.60. The lowest BCUT2D eigenvalue weighted by atomic mass is 9.85. The summed E-state index contributed by atoms with van der Waals surface area (Å²) in [5.41, 5.74) is 9.96. The van der Waals surface area contributed by atoms with Crippen molar-refractivity contribution in [2.75, 3.05) is 0 Å². The molecule has 0 N–H and O–H groups in total. The Balaban J connectivity index is 1.14. The van der Waals surface area contributed by atoms with Crippen molar-refractivity contribution >= 4 is 53.9 Å². The van der Waals surface area contributed by atoms with Gasteiger partial charge in [-0.25, -0.2) is 0 Å². The smallest absolute Gasteiger partial charge is 0.00262 e. The molecule has 0 heterocycles. The molecule has 0 saturated heterocycles. The van der Waals surface area contributed by atoms with Crippen LogP contribution >= 0.6 is 0 Å². The van der Waals surface area contributed by atoms with Crippen LogP contribution in [0.4, 0.5) is 0 Å². The van der Waals surface area contributed by atoms with Gasteiger partial charge in [-0.05, 0) is 117 Å². The van der Waals surface area contributed by atoms with Crippen molar-refractivity contribution in [1.29, 1.82) is 0 Å². The third kappa shape index (κ3) is 4.61. The molecule has 0 spiro atoms. The molecule has 0 atom stereocenters. The summed E-state index contributed by atoms with van der Waals surface area (Å²) in [7, 11) is 0. The molecule has 0 amide bonds. The highest BCUT2D eigenvalue weighted by atomic mass is 14.2. The molecule has 10 aromatic rings. The van der Waals surface area contributed by atoms with E-state index in [9.17, 15) is 0 Å². The molecule has 0 aromatic heterocycles. The number of hydrogen-bond donors (Lipinski definition) is 0. The molecule has 0 fully saturated rings. The second-order valence-corrected chi connectivity index (χ2v) is 13.3. The summed E-state index contributed by atoms with van der Waals surface area (Å²) in [5.74, 6) is 0. The minimum Gasteiger partial charge on any atom is -0.0616 e. The maximum absolute atomic E-state index is 2.36. The first-order valence-electron chi connectivity index (χ1n) is 17.3. The Bertz CT molecular complexity index is 2850. The van der Waals surface area contributed by atoms with Crippen LogP contribution in [0.25, 0.3) is 98.4 Å². The predicted octanol–water partition coefficient (Wildman–Crippen LogP) is 14.1. The maximum Gasteiger partial charge on any atom is -0.00262 e. The summed E-state index contributed by atoms with van der Waals surface area (Å²) in [6, 6.07) is 71.3. The fourth-order valence-corrected chi connectivity index (χ4v) is 8.08. The van der Waals surface area contributed by atoms with Crippen LogP contribution < -0.4 is 0 Å². The Morgan fingerprint density at radius 3 is 1.34 bits per heavy atom. The Hall–Kier alpha value is -6.50. The van der Waals surface area contributed by atoms with Crippen molar-refractivity contribution in [2.24, 2.45) is 0 Å². The number of benzene rings is 10. The van der Waals surface area contributed by atoms with Gasteiger partial charge in [-0.2, -0.15) is 0 Å². The van der Waals surface area contributed by atoms with E-state index in [1.165, 1.54) is 98.4 Å². The van der Waals surface area contributed by atoms with Crippen molar-refractivity contribution in [3.63, 3.8) is 0 Å². The van der Waals surface area contributed by atoms with Gasteiger partial charge in [0.25, 0.3) is 0 Å². The standard InChI is InChI=1S/C50H32/c1-2-13-36-30-38(29-24-33(36)12-1)37-15-11-16-40(31-37)50-46-22-9-7-20-44(46)49(45-21-8-10-23-47(45)50)35-27-25-34(26-28-35)48-32-39-14-3-4-17-41(39)42-18-5-6-19-43(42)48/h1-32H. The number of fused-ring (bicyclic) bond motifs is 6. The van der Waals surface area contributed by atoms with Gasteiger partial charge >= 0.3 is 0 Å². The zero-order chi connectivity index (χ0) is 33.0. The minimum absolute atomic E-state index is 1.22. The molecule has 0 heteroatoms. The highest BCUT2D eigenvalue weighted by Gasteiger charge is 2.17. The van der Waals surface area contributed by atoms with Crippen LogP contribution in [-0.4, -0.2) is 0 Å². The molecule has 10 aromatic carbocycles. The van der Waals surface area contributed by atoms with Gasteiger partial charge in [-0.1, -0.05) is 176 Å². The Labute approximate surface area is 291 Å². The van der Waals surface area contributed by atoms with Crippen molar-refractivity contribution in [2.45, 2.75) is 0 Å². The lowest BCUT2D eigenvalue weighted by Crippen LogP contribution is -1.91. The van der Waals surface area contributed by atoms with E-state index < -0.39 is 0 Å². The summed E-state index contributed by atoms with van der Waals surface area (Å²) < 4.78 is 0. The SMILES string of the molecule is c1cc(-c2ccc3ccccc3c2)cc(-c2c3ccccc3c(-c3ccc(-c4cc5ccccc5c5ccccc45)cc3)c3ccccc23)c1. The van der Waals surface area contributed by atoms with E-state index in [4.69, 9.17) is 0 Å². The quantitative estimate of drug-likeness (QED) is 0.134. The van der Waals surface area contributed by atoms with Gasteiger partial charge in [0.1, 0.15) is 0 Å². The van der Waals surface area contributed by atoms with Crippen LogP contribution in [0, 0.1) is 0 Å². The molecule has 0 aliphatic carbocycles. The maximum atomic E-state index is 2.36. The third-order valence-corrected chi connectivity index (χ3v) is 10.4. The topological polar surface area (TPSA) is 0 Å². The molecule has 10 rings (SSSR count). The lowest BCUT2D eigenvalue weighted by Gasteiger charge is -2.18. The van der Waals surface area contributed by atoms with E-state index in [1.54, 1.807) is 0 Å². The van der Waals surface area contributed by atoms with Crippen molar-refractivity contribution in [1.82, 2.24) is 0 Å².